The average molecular weight is 374 g/mol. The van der Waals surface area contributed by atoms with Crippen LogP contribution in [0.5, 0.6) is 17.2 Å². The fraction of sp³-hybridized carbons (Fsp3) is 0.524. The number of rotatable bonds is 9. The van der Waals surface area contributed by atoms with Crippen molar-refractivity contribution in [2.75, 3.05) is 21.3 Å². The first kappa shape index (κ1) is 20.8. The first-order valence-electron chi connectivity index (χ1n) is 9.38. The van der Waals surface area contributed by atoms with Crippen LogP contribution in [0.2, 0.25) is 0 Å². The van der Waals surface area contributed by atoms with Crippen LogP contribution in [0.15, 0.2) is 12.1 Å². The molecule has 2 rings (SSSR count). The molecule has 148 valence electrons. The first-order valence-corrected chi connectivity index (χ1v) is 9.38. The van der Waals surface area contributed by atoms with E-state index in [-0.39, 0.29) is 5.91 Å². The highest BCUT2D eigenvalue weighted by Crippen LogP contribution is 2.38. The number of benzene rings is 1. The van der Waals surface area contributed by atoms with Gasteiger partial charge in [-0.2, -0.15) is 5.10 Å². The molecule has 0 saturated heterocycles. The molecule has 1 aromatic heterocycles. The van der Waals surface area contributed by atoms with Gasteiger partial charge in [-0.3, -0.25) is 4.79 Å². The van der Waals surface area contributed by atoms with Gasteiger partial charge in [-0.05, 0) is 44.4 Å². The van der Waals surface area contributed by atoms with Crippen molar-refractivity contribution < 1.29 is 19.0 Å². The molecule has 0 fully saturated rings. The van der Waals surface area contributed by atoms with Crippen molar-refractivity contribution in [1.29, 1.82) is 0 Å². The maximum atomic E-state index is 13.1. The second kappa shape index (κ2) is 9.44. The Morgan fingerprint density at radius 2 is 1.63 bits per heavy atom. The van der Waals surface area contributed by atoms with E-state index in [9.17, 15) is 4.79 Å². The highest BCUT2D eigenvalue weighted by atomic mass is 16.5. The fourth-order valence-electron chi connectivity index (χ4n) is 3.29. The Hall–Kier alpha value is -2.50. The maximum absolute atomic E-state index is 13.1. The van der Waals surface area contributed by atoms with Crippen molar-refractivity contribution in [2.24, 2.45) is 0 Å². The maximum Gasteiger partial charge on any atom is 0.278 e. The van der Waals surface area contributed by atoms with E-state index in [1.54, 1.807) is 12.1 Å². The van der Waals surface area contributed by atoms with Crippen molar-refractivity contribution in [3.8, 4) is 17.2 Å². The Kier molecular flexibility index (Phi) is 7.28. The average Bonchev–Trinajstić information content (AvgIpc) is 2.97. The van der Waals surface area contributed by atoms with Crippen LogP contribution < -0.4 is 14.2 Å². The third-order valence-electron chi connectivity index (χ3n) is 4.83. The quantitative estimate of drug-likeness (QED) is 0.611. The monoisotopic (exact) mass is 374 g/mol. The summed E-state index contributed by atoms with van der Waals surface area (Å²) < 4.78 is 17.5. The summed E-state index contributed by atoms with van der Waals surface area (Å²) in [6.45, 7) is 6.11. The summed E-state index contributed by atoms with van der Waals surface area (Å²) in [5.74, 6) is 1.14. The lowest BCUT2D eigenvalue weighted by molar-refractivity contribution is 0.0941. The summed E-state index contributed by atoms with van der Waals surface area (Å²) >= 11 is 0. The zero-order chi connectivity index (χ0) is 20.0. The van der Waals surface area contributed by atoms with Gasteiger partial charge in [0.2, 0.25) is 5.75 Å². The first-order chi connectivity index (χ1) is 13.0. The highest BCUT2D eigenvalue weighted by Gasteiger charge is 2.21. The minimum absolute atomic E-state index is 0.213. The summed E-state index contributed by atoms with van der Waals surface area (Å²) in [4.78, 5) is 13.1. The molecule has 27 heavy (non-hydrogen) atoms. The molecule has 0 spiro atoms. The predicted molar refractivity (Wildman–Crippen MR) is 105 cm³/mol. The van der Waals surface area contributed by atoms with Gasteiger partial charge >= 0.3 is 0 Å². The molecule has 0 N–H and O–H groups in total. The Labute approximate surface area is 161 Å². The molecule has 6 nitrogen and oxygen atoms in total. The molecular formula is C21H30N2O4. The zero-order valence-corrected chi connectivity index (χ0v) is 17.2. The molecule has 0 saturated carbocycles. The second-order valence-corrected chi connectivity index (χ2v) is 6.59. The van der Waals surface area contributed by atoms with Crippen LogP contribution >= 0.6 is 0 Å². The van der Waals surface area contributed by atoms with Gasteiger partial charge in [0, 0.05) is 11.3 Å². The molecule has 2 aromatic rings. The van der Waals surface area contributed by atoms with E-state index in [1.807, 2.05) is 13.8 Å². The topological polar surface area (TPSA) is 62.6 Å². The number of methoxy groups -OCH3 is 3. The van der Waals surface area contributed by atoms with Crippen molar-refractivity contribution >= 4 is 5.91 Å². The van der Waals surface area contributed by atoms with Crippen LogP contribution in [0.1, 0.15) is 59.9 Å². The van der Waals surface area contributed by atoms with E-state index < -0.39 is 0 Å². The van der Waals surface area contributed by atoms with E-state index >= 15 is 0 Å². The van der Waals surface area contributed by atoms with Crippen molar-refractivity contribution in [3.63, 3.8) is 0 Å². The summed E-state index contributed by atoms with van der Waals surface area (Å²) in [7, 11) is 4.60. The van der Waals surface area contributed by atoms with Crippen molar-refractivity contribution in [1.82, 2.24) is 9.78 Å². The van der Waals surface area contributed by atoms with Crippen LogP contribution in [0.3, 0.4) is 0 Å². The molecule has 1 aromatic carbocycles. The number of aromatic nitrogens is 2. The number of nitrogens with zero attached hydrogens (tertiary/aromatic N) is 2. The third-order valence-corrected chi connectivity index (χ3v) is 4.83. The third kappa shape index (κ3) is 4.43. The van der Waals surface area contributed by atoms with Gasteiger partial charge in [0.1, 0.15) is 0 Å². The molecule has 0 bridgehead atoms. The number of ether oxygens (including phenoxy) is 3. The van der Waals surface area contributed by atoms with Gasteiger partial charge in [0.05, 0.1) is 27.0 Å². The van der Waals surface area contributed by atoms with Crippen LogP contribution in [-0.2, 0) is 6.42 Å². The highest BCUT2D eigenvalue weighted by molar-refractivity contribution is 5.97. The number of aryl methyl sites for hydroxylation is 1. The van der Waals surface area contributed by atoms with E-state index in [0.29, 0.717) is 22.8 Å². The molecule has 0 aliphatic heterocycles. The Morgan fingerprint density at radius 1 is 1.00 bits per heavy atom. The van der Waals surface area contributed by atoms with Crippen LogP contribution in [0, 0.1) is 13.8 Å². The van der Waals surface area contributed by atoms with Gasteiger partial charge < -0.3 is 14.2 Å². The lowest BCUT2D eigenvalue weighted by atomic mass is 10.0. The van der Waals surface area contributed by atoms with Gasteiger partial charge in [-0.1, -0.05) is 26.2 Å². The van der Waals surface area contributed by atoms with Gasteiger partial charge in [-0.25, -0.2) is 4.68 Å². The number of carbonyl (C=O) groups excluding carboxylic acids is 1. The SMILES string of the molecule is CCCCCCc1c(C)nn(C(=O)c2cc(OC)c(OC)c(OC)c2)c1C. The summed E-state index contributed by atoms with van der Waals surface area (Å²) in [5, 5.41) is 4.49. The van der Waals surface area contributed by atoms with Crippen molar-refractivity contribution in [2.45, 2.75) is 52.9 Å². The molecule has 1 heterocycles. The molecule has 0 aliphatic rings. The number of hydrogen-bond donors (Lipinski definition) is 0. The van der Waals surface area contributed by atoms with E-state index in [1.165, 1.54) is 45.3 Å². The standard InChI is InChI=1S/C21H30N2O4/c1-7-8-9-10-11-17-14(2)22-23(15(17)3)21(24)16-12-18(25-4)20(27-6)19(13-16)26-5/h12-13H,7-11H2,1-6H3. The zero-order valence-electron chi connectivity index (χ0n) is 17.2. The fourth-order valence-corrected chi connectivity index (χ4v) is 3.29. The second-order valence-electron chi connectivity index (χ2n) is 6.59. The smallest absolute Gasteiger partial charge is 0.278 e. The summed E-state index contributed by atoms with van der Waals surface area (Å²) in [6, 6.07) is 3.31. The number of unbranched alkanes of at least 4 members (excludes halogenated alkanes) is 3. The molecule has 0 radical (unpaired) electrons. The van der Waals surface area contributed by atoms with Gasteiger partial charge in [0.25, 0.3) is 5.91 Å². The molecule has 0 amide bonds. The number of carbonyl (C=O) groups is 1. The van der Waals surface area contributed by atoms with E-state index in [0.717, 1.165) is 29.8 Å². The lowest BCUT2D eigenvalue weighted by Gasteiger charge is -2.14. The van der Waals surface area contributed by atoms with E-state index in [2.05, 4.69) is 12.0 Å². The van der Waals surface area contributed by atoms with E-state index in [4.69, 9.17) is 14.2 Å². The molecule has 0 unspecified atom stereocenters. The minimum atomic E-state index is -0.213. The summed E-state index contributed by atoms with van der Waals surface area (Å²) in [5.41, 5.74) is 3.40. The molecule has 0 atom stereocenters. The Balaban J connectivity index is 2.35. The normalized spacial score (nSPS) is 10.7. The molecule has 0 aliphatic carbocycles. The number of hydrogen-bond acceptors (Lipinski definition) is 5. The van der Waals surface area contributed by atoms with Crippen molar-refractivity contribution in [3.05, 3.63) is 34.6 Å². The van der Waals surface area contributed by atoms with Crippen LogP contribution in [-0.4, -0.2) is 37.0 Å². The Morgan fingerprint density at radius 3 is 2.15 bits per heavy atom. The summed E-state index contributed by atoms with van der Waals surface area (Å²) in [6.07, 6.45) is 5.69. The van der Waals surface area contributed by atoms with Gasteiger partial charge in [-0.15, -0.1) is 0 Å². The Bertz CT molecular complexity index is 771. The minimum Gasteiger partial charge on any atom is -0.493 e. The molecule has 6 heteroatoms. The molecular weight excluding hydrogens is 344 g/mol. The largest absolute Gasteiger partial charge is 0.493 e. The lowest BCUT2D eigenvalue weighted by Crippen LogP contribution is -2.16. The van der Waals surface area contributed by atoms with Crippen LogP contribution in [0.25, 0.3) is 0 Å². The van der Waals surface area contributed by atoms with Crippen LogP contribution in [0.4, 0.5) is 0 Å². The van der Waals surface area contributed by atoms with Gasteiger partial charge in [0.15, 0.2) is 11.5 Å². The predicted octanol–water partition coefficient (Wildman–Crippen LogP) is 4.34.